The van der Waals surface area contributed by atoms with Crippen LogP contribution >= 0.6 is 0 Å². The highest BCUT2D eigenvalue weighted by atomic mass is 32.2. The van der Waals surface area contributed by atoms with E-state index in [1.54, 1.807) is 48.8 Å². The molecule has 40 heavy (non-hydrogen) atoms. The summed E-state index contributed by atoms with van der Waals surface area (Å²) >= 11 is 0. The number of nitrogens with one attached hydrogen (secondary N) is 2. The lowest BCUT2D eigenvalue weighted by molar-refractivity contribution is 0.293. The van der Waals surface area contributed by atoms with Gasteiger partial charge in [-0.3, -0.25) is 4.72 Å². The fraction of sp³-hybridized carbons (Fsp3) is 0.111. The number of nitrogens with zero attached hydrogens (tertiary/aromatic N) is 6. The van der Waals surface area contributed by atoms with Crippen LogP contribution in [0.4, 0.5) is 11.5 Å². The minimum absolute atomic E-state index is 0.0581. The summed E-state index contributed by atoms with van der Waals surface area (Å²) in [5.74, 6) is 0.943. The summed E-state index contributed by atoms with van der Waals surface area (Å²) in [6, 6.07) is 19.6. The van der Waals surface area contributed by atoms with Gasteiger partial charge in [-0.25, -0.2) is 24.7 Å². The molecule has 12 nitrogen and oxygen atoms in total. The maximum absolute atomic E-state index is 13.2. The number of rotatable bonds is 11. The van der Waals surface area contributed by atoms with Crippen LogP contribution < -0.4 is 18.9 Å². The van der Waals surface area contributed by atoms with Crippen LogP contribution in [0.2, 0.25) is 0 Å². The van der Waals surface area contributed by atoms with Crippen molar-refractivity contribution in [1.82, 2.24) is 29.9 Å². The third-order valence-electron chi connectivity index (χ3n) is 5.48. The van der Waals surface area contributed by atoms with Gasteiger partial charge < -0.3 is 9.47 Å². The first-order valence-corrected chi connectivity index (χ1v) is 13.6. The topological polar surface area (TPSA) is 154 Å². The Morgan fingerprint density at radius 2 is 1.45 bits per heavy atom. The Morgan fingerprint density at radius 3 is 2.12 bits per heavy atom. The standard InChI is InChI=1S/C27H24N8O4S/c1-38-21-17-30-27(31-18-21)39-16-13-22-23(19-9-4-2-5-10-19)24(33-26(32-22)25-28-14-8-15-29-25)35-40(36,37)34-20-11-6-3-7-12-20/h2-12,14-15,17-18,34H,13,16H2,1H3,(H,32,33,35). The Kier molecular flexibility index (Phi) is 8.02. The van der Waals surface area contributed by atoms with Crippen molar-refractivity contribution >= 4 is 21.7 Å². The van der Waals surface area contributed by atoms with Gasteiger partial charge in [-0.1, -0.05) is 48.5 Å². The van der Waals surface area contributed by atoms with E-state index in [-0.39, 0.29) is 36.5 Å². The molecule has 0 unspecified atom stereocenters. The van der Waals surface area contributed by atoms with Crippen molar-refractivity contribution in [2.24, 2.45) is 0 Å². The highest BCUT2D eigenvalue weighted by Gasteiger charge is 2.22. The van der Waals surface area contributed by atoms with Crippen LogP contribution in [0.15, 0.2) is 91.5 Å². The molecular formula is C27H24N8O4S. The van der Waals surface area contributed by atoms with E-state index in [1.807, 2.05) is 30.3 Å². The Labute approximate surface area is 230 Å². The molecule has 0 amide bonds. The summed E-state index contributed by atoms with van der Waals surface area (Å²) in [6.45, 7) is 0.146. The van der Waals surface area contributed by atoms with Crippen LogP contribution in [0, 0.1) is 0 Å². The molecule has 5 aromatic rings. The van der Waals surface area contributed by atoms with Crippen molar-refractivity contribution in [1.29, 1.82) is 0 Å². The average Bonchev–Trinajstić information content (AvgIpc) is 2.98. The molecule has 13 heteroatoms. The molecule has 0 aliphatic heterocycles. The van der Waals surface area contributed by atoms with Crippen molar-refractivity contribution in [3.63, 3.8) is 0 Å². The number of aromatic nitrogens is 6. The number of methoxy groups -OCH3 is 1. The number of ether oxygens (including phenoxy) is 2. The molecule has 0 aliphatic carbocycles. The fourth-order valence-electron chi connectivity index (χ4n) is 3.72. The lowest BCUT2D eigenvalue weighted by Crippen LogP contribution is -2.23. The summed E-state index contributed by atoms with van der Waals surface area (Å²) in [7, 11) is -2.58. The number of hydrogen-bond acceptors (Lipinski definition) is 10. The van der Waals surface area contributed by atoms with E-state index in [0.717, 1.165) is 0 Å². The third kappa shape index (κ3) is 6.63. The summed E-state index contributed by atoms with van der Waals surface area (Å²) in [6.07, 6.45) is 6.38. The minimum atomic E-state index is -4.10. The molecule has 202 valence electrons. The minimum Gasteiger partial charge on any atom is -0.494 e. The van der Waals surface area contributed by atoms with Gasteiger partial charge in [0.2, 0.25) is 0 Å². The molecule has 0 aliphatic rings. The van der Waals surface area contributed by atoms with Crippen LogP contribution in [0.5, 0.6) is 11.8 Å². The van der Waals surface area contributed by atoms with Crippen LogP contribution in [-0.4, -0.2) is 52.0 Å². The van der Waals surface area contributed by atoms with E-state index in [1.165, 1.54) is 19.5 Å². The smallest absolute Gasteiger partial charge is 0.322 e. The maximum atomic E-state index is 13.2. The highest BCUT2D eigenvalue weighted by molar-refractivity contribution is 7.94. The third-order valence-corrected chi connectivity index (χ3v) is 6.45. The van der Waals surface area contributed by atoms with Gasteiger partial charge in [-0.15, -0.1) is 0 Å². The van der Waals surface area contributed by atoms with E-state index in [9.17, 15) is 8.42 Å². The van der Waals surface area contributed by atoms with Gasteiger partial charge in [-0.2, -0.15) is 18.4 Å². The highest BCUT2D eigenvalue weighted by Crippen LogP contribution is 2.32. The van der Waals surface area contributed by atoms with Gasteiger partial charge in [0.05, 0.1) is 37.5 Å². The predicted molar refractivity (Wildman–Crippen MR) is 149 cm³/mol. The number of para-hydroxylation sites is 1. The molecule has 0 spiro atoms. The Bertz CT molecular complexity index is 1660. The summed E-state index contributed by atoms with van der Waals surface area (Å²) in [5, 5.41) is 0. The molecule has 5 rings (SSSR count). The molecule has 3 heterocycles. The van der Waals surface area contributed by atoms with Crippen LogP contribution in [-0.2, 0) is 16.6 Å². The molecule has 2 aromatic carbocycles. The van der Waals surface area contributed by atoms with Crippen LogP contribution in [0.1, 0.15) is 5.69 Å². The first-order valence-electron chi connectivity index (χ1n) is 12.1. The van der Waals surface area contributed by atoms with E-state index < -0.39 is 10.2 Å². The molecule has 0 atom stereocenters. The van der Waals surface area contributed by atoms with Crippen LogP contribution in [0.25, 0.3) is 22.8 Å². The lowest BCUT2D eigenvalue weighted by Gasteiger charge is -2.17. The van der Waals surface area contributed by atoms with Crippen molar-refractivity contribution in [2.75, 3.05) is 23.2 Å². The molecule has 0 saturated carbocycles. The SMILES string of the molecule is COc1cnc(OCCc2nc(-c3ncccn3)nc(NS(=O)(=O)Nc3ccccc3)c2-c2ccccc2)nc1. The second kappa shape index (κ2) is 12.1. The molecule has 0 fully saturated rings. The van der Waals surface area contributed by atoms with E-state index in [4.69, 9.17) is 14.5 Å². The van der Waals surface area contributed by atoms with Gasteiger partial charge >= 0.3 is 16.2 Å². The zero-order chi connectivity index (χ0) is 27.8. The molecule has 0 saturated heterocycles. The second-order valence-electron chi connectivity index (χ2n) is 8.23. The van der Waals surface area contributed by atoms with Gasteiger partial charge in [0.15, 0.2) is 23.2 Å². The monoisotopic (exact) mass is 556 g/mol. The van der Waals surface area contributed by atoms with Crippen LogP contribution in [0.3, 0.4) is 0 Å². The second-order valence-corrected chi connectivity index (χ2v) is 9.65. The van der Waals surface area contributed by atoms with Crippen molar-refractivity contribution in [3.05, 3.63) is 97.2 Å². The molecule has 0 radical (unpaired) electrons. The Hall–Kier alpha value is -5.17. The normalized spacial score (nSPS) is 11.0. The van der Waals surface area contributed by atoms with Crippen molar-refractivity contribution in [2.45, 2.75) is 6.42 Å². The molecule has 2 N–H and O–H groups in total. The Morgan fingerprint density at radius 1 is 0.775 bits per heavy atom. The predicted octanol–water partition coefficient (Wildman–Crippen LogP) is 3.79. The Balaban J connectivity index is 1.54. The quantitative estimate of drug-likeness (QED) is 0.246. The number of benzene rings is 2. The number of hydrogen-bond donors (Lipinski definition) is 2. The van der Waals surface area contributed by atoms with Crippen molar-refractivity contribution < 1.29 is 17.9 Å². The summed E-state index contributed by atoms with van der Waals surface area (Å²) < 4.78 is 42.3. The fourth-order valence-corrected chi connectivity index (χ4v) is 4.62. The molecule has 3 aromatic heterocycles. The average molecular weight is 557 g/mol. The van der Waals surface area contributed by atoms with E-state index >= 15 is 0 Å². The molecular weight excluding hydrogens is 532 g/mol. The van der Waals surface area contributed by atoms with E-state index in [0.29, 0.717) is 28.3 Å². The largest absolute Gasteiger partial charge is 0.494 e. The van der Waals surface area contributed by atoms with Gasteiger partial charge in [0.25, 0.3) is 0 Å². The van der Waals surface area contributed by atoms with Gasteiger partial charge in [-0.05, 0) is 23.8 Å². The summed E-state index contributed by atoms with van der Waals surface area (Å²) in [5.41, 5.74) is 2.09. The van der Waals surface area contributed by atoms with Gasteiger partial charge in [0, 0.05) is 24.4 Å². The van der Waals surface area contributed by atoms with E-state index in [2.05, 4.69) is 34.4 Å². The first-order chi connectivity index (χ1) is 19.5. The first kappa shape index (κ1) is 26.4. The van der Waals surface area contributed by atoms with Gasteiger partial charge in [0.1, 0.15) is 0 Å². The maximum Gasteiger partial charge on any atom is 0.322 e. The molecule has 0 bridgehead atoms. The summed E-state index contributed by atoms with van der Waals surface area (Å²) in [4.78, 5) is 26.0. The number of anilines is 2. The zero-order valence-corrected chi connectivity index (χ0v) is 22.1. The van der Waals surface area contributed by atoms with Crippen molar-refractivity contribution in [3.8, 4) is 34.5 Å². The lowest BCUT2D eigenvalue weighted by atomic mass is 10.0. The zero-order valence-electron chi connectivity index (χ0n) is 21.3.